The van der Waals surface area contributed by atoms with Crippen molar-refractivity contribution < 1.29 is 9.18 Å². The van der Waals surface area contributed by atoms with Gasteiger partial charge in [-0.3, -0.25) is 19.4 Å². The van der Waals surface area contributed by atoms with Gasteiger partial charge >= 0.3 is 0 Å². The number of amides is 1. The van der Waals surface area contributed by atoms with Gasteiger partial charge < -0.3 is 4.90 Å². The van der Waals surface area contributed by atoms with Gasteiger partial charge in [0.2, 0.25) is 5.91 Å². The molecule has 0 aliphatic carbocycles. The molecule has 1 aromatic carbocycles. The number of halogens is 1. The van der Waals surface area contributed by atoms with E-state index < -0.39 is 0 Å². The molecule has 0 aliphatic heterocycles. The Bertz CT molecular complexity index is 1100. The first kappa shape index (κ1) is 21.7. The Kier molecular flexibility index (Phi) is 6.70. The van der Waals surface area contributed by atoms with Crippen molar-refractivity contribution >= 4 is 16.9 Å². The SMILES string of the molecule is CCCCCN(Cc1ccc(F)cc1)C(=O)Cc1c(C)nc2c(c1C)c(=O)[nH]n2C. The van der Waals surface area contributed by atoms with E-state index >= 15 is 0 Å². The molecule has 1 amide bonds. The Morgan fingerprint density at radius 1 is 1.20 bits per heavy atom. The summed E-state index contributed by atoms with van der Waals surface area (Å²) >= 11 is 0. The Hall–Kier alpha value is -2.96. The number of hydrogen-bond acceptors (Lipinski definition) is 3. The van der Waals surface area contributed by atoms with Crippen LogP contribution in [0.3, 0.4) is 0 Å². The molecule has 3 aromatic rings. The van der Waals surface area contributed by atoms with E-state index in [1.54, 1.807) is 23.9 Å². The van der Waals surface area contributed by atoms with Crippen LogP contribution in [0.4, 0.5) is 4.39 Å². The third-order valence-corrected chi connectivity index (χ3v) is 5.57. The molecule has 30 heavy (non-hydrogen) atoms. The zero-order valence-electron chi connectivity index (χ0n) is 18.1. The van der Waals surface area contributed by atoms with E-state index in [0.717, 1.165) is 41.6 Å². The van der Waals surface area contributed by atoms with Gasteiger partial charge in [-0.15, -0.1) is 0 Å². The van der Waals surface area contributed by atoms with Gasteiger partial charge in [-0.25, -0.2) is 9.37 Å². The molecule has 0 bridgehead atoms. The number of aromatic nitrogens is 3. The van der Waals surface area contributed by atoms with Crippen molar-refractivity contribution in [2.24, 2.45) is 7.05 Å². The monoisotopic (exact) mass is 412 g/mol. The highest BCUT2D eigenvalue weighted by Crippen LogP contribution is 2.21. The minimum Gasteiger partial charge on any atom is -0.338 e. The van der Waals surface area contributed by atoms with Crippen LogP contribution >= 0.6 is 0 Å². The number of aromatic amines is 1. The van der Waals surface area contributed by atoms with Crippen LogP contribution in [0.25, 0.3) is 11.0 Å². The van der Waals surface area contributed by atoms with Crippen LogP contribution < -0.4 is 5.56 Å². The molecule has 1 N–H and O–H groups in total. The van der Waals surface area contributed by atoms with E-state index in [4.69, 9.17) is 0 Å². The molecular formula is C23H29FN4O2. The second kappa shape index (κ2) is 9.24. The van der Waals surface area contributed by atoms with E-state index in [0.29, 0.717) is 24.1 Å². The first-order valence-corrected chi connectivity index (χ1v) is 10.4. The number of pyridine rings is 1. The summed E-state index contributed by atoms with van der Waals surface area (Å²) in [5.41, 5.74) is 3.63. The number of carbonyl (C=O) groups excluding carboxylic acids is 1. The number of rotatable bonds is 8. The first-order valence-electron chi connectivity index (χ1n) is 10.4. The Labute approximate surface area is 175 Å². The normalized spacial score (nSPS) is 11.2. The fourth-order valence-corrected chi connectivity index (χ4v) is 3.83. The van der Waals surface area contributed by atoms with Crippen molar-refractivity contribution in [3.05, 3.63) is 62.8 Å². The summed E-state index contributed by atoms with van der Waals surface area (Å²) in [7, 11) is 1.75. The molecule has 0 atom stereocenters. The van der Waals surface area contributed by atoms with E-state index in [9.17, 15) is 14.0 Å². The van der Waals surface area contributed by atoms with Crippen molar-refractivity contribution in [1.29, 1.82) is 0 Å². The summed E-state index contributed by atoms with van der Waals surface area (Å²) in [6.45, 7) is 6.94. The zero-order valence-corrected chi connectivity index (χ0v) is 18.1. The summed E-state index contributed by atoms with van der Waals surface area (Å²) in [6, 6.07) is 6.25. The molecule has 0 spiro atoms. The van der Waals surface area contributed by atoms with Crippen molar-refractivity contribution in [2.75, 3.05) is 6.54 Å². The number of nitrogens with one attached hydrogen (secondary N) is 1. The lowest BCUT2D eigenvalue weighted by molar-refractivity contribution is -0.131. The third kappa shape index (κ3) is 4.61. The second-order valence-corrected chi connectivity index (χ2v) is 7.82. The maximum absolute atomic E-state index is 13.3. The predicted molar refractivity (Wildman–Crippen MR) is 116 cm³/mol. The number of carbonyl (C=O) groups is 1. The number of hydrogen-bond donors (Lipinski definition) is 1. The first-order chi connectivity index (χ1) is 14.3. The molecule has 0 aliphatic rings. The van der Waals surface area contributed by atoms with Crippen molar-refractivity contribution in [2.45, 2.75) is 53.0 Å². The standard InChI is InChI=1S/C23H29FN4O2/c1-5-6-7-12-28(14-17-8-10-18(24)11-9-17)20(29)13-19-15(2)21-22(25-16(19)3)27(4)26-23(21)30/h8-11H,5-7,12-14H2,1-4H3,(H,26,30). The average Bonchev–Trinajstić information content (AvgIpc) is 2.99. The quantitative estimate of drug-likeness (QED) is 0.573. The Morgan fingerprint density at radius 3 is 2.57 bits per heavy atom. The van der Waals surface area contributed by atoms with Gasteiger partial charge in [-0.2, -0.15) is 0 Å². The maximum atomic E-state index is 13.3. The lowest BCUT2D eigenvalue weighted by Gasteiger charge is -2.24. The fourth-order valence-electron chi connectivity index (χ4n) is 3.83. The van der Waals surface area contributed by atoms with Crippen molar-refractivity contribution in [3.8, 4) is 0 Å². The van der Waals surface area contributed by atoms with E-state index in [-0.39, 0.29) is 23.7 Å². The Morgan fingerprint density at radius 2 is 1.90 bits per heavy atom. The van der Waals surface area contributed by atoms with Crippen molar-refractivity contribution in [3.63, 3.8) is 0 Å². The molecule has 0 unspecified atom stereocenters. The van der Waals surface area contributed by atoms with Crippen LogP contribution in [0, 0.1) is 19.7 Å². The number of nitrogens with zero attached hydrogens (tertiary/aromatic N) is 3. The second-order valence-electron chi connectivity index (χ2n) is 7.82. The van der Waals surface area contributed by atoms with Crippen LogP contribution in [0.1, 0.15) is 48.6 Å². The van der Waals surface area contributed by atoms with Gasteiger partial charge in [0.05, 0.1) is 11.8 Å². The molecule has 6 nitrogen and oxygen atoms in total. The fraction of sp³-hybridized carbons (Fsp3) is 0.435. The molecule has 0 saturated carbocycles. The highest BCUT2D eigenvalue weighted by Gasteiger charge is 2.20. The summed E-state index contributed by atoms with van der Waals surface area (Å²) in [5, 5.41) is 3.26. The number of unbranched alkanes of at least 4 members (excludes halogenated alkanes) is 2. The molecule has 160 valence electrons. The summed E-state index contributed by atoms with van der Waals surface area (Å²) in [4.78, 5) is 31.9. The summed E-state index contributed by atoms with van der Waals surface area (Å²) in [5.74, 6) is -0.309. The van der Waals surface area contributed by atoms with Gasteiger partial charge in [-0.05, 0) is 49.1 Å². The van der Waals surface area contributed by atoms with E-state index in [1.165, 1.54) is 12.1 Å². The number of benzene rings is 1. The van der Waals surface area contributed by atoms with Gasteiger partial charge in [0, 0.05) is 25.8 Å². The smallest absolute Gasteiger partial charge is 0.273 e. The predicted octanol–water partition coefficient (Wildman–Crippen LogP) is 3.78. The number of fused-ring (bicyclic) bond motifs is 1. The van der Waals surface area contributed by atoms with E-state index in [1.807, 2.05) is 18.7 Å². The lowest BCUT2D eigenvalue weighted by Crippen LogP contribution is -2.33. The highest BCUT2D eigenvalue weighted by molar-refractivity contribution is 5.84. The topological polar surface area (TPSA) is 71.0 Å². The number of H-pyrrole nitrogens is 1. The molecule has 7 heteroatoms. The minimum atomic E-state index is -0.290. The van der Waals surface area contributed by atoms with Crippen molar-refractivity contribution in [1.82, 2.24) is 19.7 Å². The van der Waals surface area contributed by atoms with E-state index in [2.05, 4.69) is 17.0 Å². The average molecular weight is 413 g/mol. The molecule has 2 aromatic heterocycles. The molecule has 0 fully saturated rings. The van der Waals surface area contributed by atoms with Crippen LogP contribution in [0.15, 0.2) is 29.1 Å². The third-order valence-electron chi connectivity index (χ3n) is 5.57. The summed E-state index contributed by atoms with van der Waals surface area (Å²) in [6.07, 6.45) is 3.20. The maximum Gasteiger partial charge on any atom is 0.273 e. The molecule has 0 radical (unpaired) electrons. The molecular weight excluding hydrogens is 383 g/mol. The van der Waals surface area contributed by atoms with Crippen LogP contribution in [-0.2, 0) is 24.8 Å². The molecule has 2 heterocycles. The van der Waals surface area contributed by atoms with Gasteiger partial charge in [0.1, 0.15) is 5.82 Å². The molecule has 3 rings (SSSR count). The van der Waals surface area contributed by atoms with Crippen LogP contribution in [0.2, 0.25) is 0 Å². The largest absolute Gasteiger partial charge is 0.338 e. The number of aryl methyl sites for hydroxylation is 3. The van der Waals surface area contributed by atoms with Crippen LogP contribution in [0.5, 0.6) is 0 Å². The Balaban J connectivity index is 1.88. The van der Waals surface area contributed by atoms with Gasteiger partial charge in [0.25, 0.3) is 5.56 Å². The van der Waals surface area contributed by atoms with Crippen LogP contribution in [-0.4, -0.2) is 32.1 Å². The van der Waals surface area contributed by atoms with Gasteiger partial charge in [0.15, 0.2) is 5.65 Å². The zero-order chi connectivity index (χ0) is 21.8. The minimum absolute atomic E-state index is 0.0184. The lowest BCUT2D eigenvalue weighted by atomic mass is 10.0. The molecule has 0 saturated heterocycles. The highest BCUT2D eigenvalue weighted by atomic mass is 19.1. The summed E-state index contributed by atoms with van der Waals surface area (Å²) < 4.78 is 14.9. The van der Waals surface area contributed by atoms with Gasteiger partial charge in [-0.1, -0.05) is 31.9 Å².